The van der Waals surface area contributed by atoms with Gasteiger partial charge >= 0.3 is 5.63 Å². The zero-order valence-corrected chi connectivity index (χ0v) is 12.5. The highest BCUT2D eigenvalue weighted by atomic mass is 16.5. The number of hydrogen-bond donors (Lipinski definition) is 1. The van der Waals surface area contributed by atoms with Crippen LogP contribution in [0.15, 0.2) is 33.5 Å². The lowest BCUT2D eigenvalue weighted by Gasteiger charge is -2.14. The first kappa shape index (κ1) is 15.1. The summed E-state index contributed by atoms with van der Waals surface area (Å²) >= 11 is 0. The van der Waals surface area contributed by atoms with Gasteiger partial charge < -0.3 is 19.0 Å². The zero-order valence-electron chi connectivity index (χ0n) is 12.5. The molecule has 1 N–H and O–H groups in total. The topological polar surface area (TPSA) is 68.9 Å². The van der Waals surface area contributed by atoms with Crippen molar-refractivity contribution in [1.82, 2.24) is 0 Å². The molecule has 5 nitrogen and oxygen atoms in total. The highest BCUT2D eigenvalue weighted by molar-refractivity contribution is 5.93. The monoisotopic (exact) mass is 290 g/mol. The standard InChI is InChI=1S/C16H18O5/c1-16(2,18)8-7-11-13(20-4)9-12(19-3)10-5-6-14(17)21-15(10)11/h5-9,18H,1-4H3/b8-7+. The summed E-state index contributed by atoms with van der Waals surface area (Å²) < 4.78 is 15.9. The number of fused-ring (bicyclic) bond motifs is 1. The van der Waals surface area contributed by atoms with Gasteiger partial charge in [0.05, 0.1) is 30.8 Å². The number of methoxy groups -OCH3 is 2. The van der Waals surface area contributed by atoms with Crippen LogP contribution in [0.4, 0.5) is 0 Å². The van der Waals surface area contributed by atoms with Gasteiger partial charge in [0.25, 0.3) is 0 Å². The van der Waals surface area contributed by atoms with Gasteiger partial charge in [0.15, 0.2) is 5.58 Å². The van der Waals surface area contributed by atoms with E-state index < -0.39 is 11.2 Å². The van der Waals surface area contributed by atoms with Crippen molar-refractivity contribution in [2.45, 2.75) is 19.4 Å². The number of benzene rings is 1. The van der Waals surface area contributed by atoms with E-state index in [-0.39, 0.29) is 0 Å². The van der Waals surface area contributed by atoms with Crippen LogP contribution in [0.2, 0.25) is 0 Å². The van der Waals surface area contributed by atoms with Gasteiger partial charge in [-0.2, -0.15) is 0 Å². The molecular weight excluding hydrogens is 272 g/mol. The third-order valence-corrected chi connectivity index (χ3v) is 2.97. The lowest BCUT2D eigenvalue weighted by Crippen LogP contribution is -2.13. The third kappa shape index (κ3) is 3.25. The Bertz CT molecular complexity index is 735. The van der Waals surface area contributed by atoms with E-state index in [1.165, 1.54) is 20.3 Å². The van der Waals surface area contributed by atoms with E-state index in [0.717, 1.165) is 0 Å². The van der Waals surface area contributed by atoms with Gasteiger partial charge in [-0.3, -0.25) is 0 Å². The van der Waals surface area contributed by atoms with E-state index in [9.17, 15) is 9.90 Å². The second-order valence-corrected chi connectivity index (χ2v) is 5.18. The largest absolute Gasteiger partial charge is 0.496 e. The van der Waals surface area contributed by atoms with Crippen molar-refractivity contribution in [3.05, 3.63) is 40.3 Å². The van der Waals surface area contributed by atoms with Crippen LogP contribution in [-0.4, -0.2) is 24.9 Å². The van der Waals surface area contributed by atoms with Gasteiger partial charge in [0.1, 0.15) is 11.5 Å². The quantitative estimate of drug-likeness (QED) is 0.876. The number of aliphatic hydroxyl groups is 1. The molecule has 2 aromatic rings. The minimum atomic E-state index is -0.994. The van der Waals surface area contributed by atoms with Crippen molar-refractivity contribution in [2.24, 2.45) is 0 Å². The van der Waals surface area contributed by atoms with Crippen LogP contribution >= 0.6 is 0 Å². The van der Waals surface area contributed by atoms with E-state index in [2.05, 4.69) is 0 Å². The predicted octanol–water partition coefficient (Wildman–Crippen LogP) is 2.59. The highest BCUT2D eigenvalue weighted by Crippen LogP contribution is 2.36. The molecule has 0 fully saturated rings. The smallest absolute Gasteiger partial charge is 0.336 e. The molecule has 0 saturated carbocycles. The Hall–Kier alpha value is -2.27. The van der Waals surface area contributed by atoms with E-state index in [1.54, 1.807) is 38.1 Å². The van der Waals surface area contributed by atoms with Crippen molar-refractivity contribution in [2.75, 3.05) is 14.2 Å². The second-order valence-electron chi connectivity index (χ2n) is 5.18. The average Bonchev–Trinajstić information content (AvgIpc) is 2.42. The number of ether oxygens (including phenoxy) is 2. The summed E-state index contributed by atoms with van der Waals surface area (Å²) in [6, 6.07) is 4.69. The molecule has 0 spiro atoms. The Morgan fingerprint density at radius 1 is 1.19 bits per heavy atom. The maximum atomic E-state index is 11.5. The van der Waals surface area contributed by atoms with Gasteiger partial charge in [-0.25, -0.2) is 4.79 Å². The molecule has 0 unspecified atom stereocenters. The van der Waals surface area contributed by atoms with Crippen LogP contribution in [-0.2, 0) is 0 Å². The Balaban J connectivity index is 2.80. The van der Waals surface area contributed by atoms with Crippen molar-refractivity contribution in [3.63, 3.8) is 0 Å². The van der Waals surface area contributed by atoms with Gasteiger partial charge in [-0.1, -0.05) is 6.08 Å². The first-order valence-corrected chi connectivity index (χ1v) is 6.46. The van der Waals surface area contributed by atoms with Crippen molar-refractivity contribution < 1.29 is 19.0 Å². The minimum Gasteiger partial charge on any atom is -0.496 e. The predicted molar refractivity (Wildman–Crippen MR) is 80.9 cm³/mol. The molecule has 0 atom stereocenters. The molecule has 1 aromatic carbocycles. The average molecular weight is 290 g/mol. The summed E-state index contributed by atoms with van der Waals surface area (Å²) in [5, 5.41) is 10.5. The third-order valence-electron chi connectivity index (χ3n) is 2.97. The van der Waals surface area contributed by atoms with Gasteiger partial charge in [0, 0.05) is 12.1 Å². The summed E-state index contributed by atoms with van der Waals surface area (Å²) in [5.41, 5.74) is -0.519. The Kier molecular flexibility index (Phi) is 4.04. The van der Waals surface area contributed by atoms with Crippen LogP contribution in [0.3, 0.4) is 0 Å². The first-order chi connectivity index (χ1) is 9.85. The lowest BCUT2D eigenvalue weighted by molar-refractivity contribution is 0.134. The summed E-state index contributed by atoms with van der Waals surface area (Å²) in [5.74, 6) is 1.04. The minimum absolute atomic E-state index is 0.360. The molecule has 0 bridgehead atoms. The maximum Gasteiger partial charge on any atom is 0.336 e. The van der Waals surface area contributed by atoms with Crippen LogP contribution < -0.4 is 15.1 Å². The summed E-state index contributed by atoms with van der Waals surface area (Å²) in [6.07, 6.45) is 3.27. The fourth-order valence-electron chi connectivity index (χ4n) is 1.98. The number of rotatable bonds is 4. The highest BCUT2D eigenvalue weighted by Gasteiger charge is 2.15. The Morgan fingerprint density at radius 2 is 1.86 bits per heavy atom. The van der Waals surface area contributed by atoms with Crippen LogP contribution in [0.1, 0.15) is 19.4 Å². The molecule has 0 aliphatic rings. The molecule has 1 heterocycles. The molecule has 0 aliphatic heterocycles. The summed E-state index contributed by atoms with van der Waals surface area (Å²) in [7, 11) is 3.05. The molecule has 21 heavy (non-hydrogen) atoms. The normalized spacial score (nSPS) is 12.0. The summed E-state index contributed by atoms with van der Waals surface area (Å²) in [4.78, 5) is 11.5. The zero-order chi connectivity index (χ0) is 15.6. The van der Waals surface area contributed by atoms with E-state index >= 15 is 0 Å². The first-order valence-electron chi connectivity index (χ1n) is 6.46. The molecule has 0 aliphatic carbocycles. The lowest BCUT2D eigenvalue weighted by atomic mass is 10.0. The number of hydrogen-bond acceptors (Lipinski definition) is 5. The van der Waals surface area contributed by atoms with Gasteiger partial charge in [0.2, 0.25) is 0 Å². The van der Waals surface area contributed by atoms with E-state index in [4.69, 9.17) is 13.9 Å². The molecule has 0 amide bonds. The van der Waals surface area contributed by atoms with Gasteiger partial charge in [-0.15, -0.1) is 0 Å². The maximum absolute atomic E-state index is 11.5. The molecule has 0 radical (unpaired) electrons. The van der Waals surface area contributed by atoms with Gasteiger partial charge in [-0.05, 0) is 26.0 Å². The molecule has 112 valence electrons. The summed E-state index contributed by atoms with van der Waals surface area (Å²) in [6.45, 7) is 3.30. The van der Waals surface area contributed by atoms with Crippen LogP contribution in [0.5, 0.6) is 11.5 Å². The molecule has 0 saturated heterocycles. The van der Waals surface area contributed by atoms with E-state index in [0.29, 0.717) is 28.0 Å². The Morgan fingerprint density at radius 3 is 2.43 bits per heavy atom. The Labute approximate surface area is 122 Å². The molecular formula is C16H18O5. The van der Waals surface area contributed by atoms with Crippen LogP contribution in [0.25, 0.3) is 17.0 Å². The fraction of sp³-hybridized carbons (Fsp3) is 0.312. The SMILES string of the molecule is COc1cc(OC)c2ccc(=O)oc2c1/C=C/C(C)(C)O. The van der Waals surface area contributed by atoms with Crippen molar-refractivity contribution in [1.29, 1.82) is 0 Å². The van der Waals surface area contributed by atoms with Crippen molar-refractivity contribution >= 4 is 17.0 Å². The molecule has 5 heteroatoms. The van der Waals surface area contributed by atoms with Crippen LogP contribution in [0, 0.1) is 0 Å². The molecule has 2 rings (SSSR count). The fourth-order valence-corrected chi connectivity index (χ4v) is 1.98. The van der Waals surface area contributed by atoms with Crippen molar-refractivity contribution in [3.8, 4) is 11.5 Å². The van der Waals surface area contributed by atoms with E-state index in [1.807, 2.05) is 0 Å². The molecule has 1 aromatic heterocycles. The second kappa shape index (κ2) is 5.61.